The van der Waals surface area contributed by atoms with Gasteiger partial charge in [-0.05, 0) is 32.6 Å². The molecule has 0 aromatic carbocycles. The van der Waals surface area contributed by atoms with Gasteiger partial charge < -0.3 is 19.5 Å². The molecule has 0 heterocycles. The van der Waals surface area contributed by atoms with Crippen LogP contribution in [0.2, 0.25) is 0 Å². The van der Waals surface area contributed by atoms with Gasteiger partial charge in [0.25, 0.3) is 0 Å². The number of ketones is 1. The van der Waals surface area contributed by atoms with Crippen LogP contribution in [-0.4, -0.2) is 56.2 Å². The Morgan fingerprint density at radius 1 is 0.929 bits per heavy atom. The van der Waals surface area contributed by atoms with E-state index in [1.165, 1.54) is 19.8 Å². The first-order chi connectivity index (χ1) is 13.4. The zero-order valence-corrected chi connectivity index (χ0v) is 19.5. The Bertz CT molecular complexity index is 365. The molecule has 1 fully saturated rings. The SMILES string of the molecule is CC(=O)CCOCCOCCNC(=O)OC1CCC(S)CC1.CCC.CCC.[HH]. The summed E-state index contributed by atoms with van der Waals surface area (Å²) >= 11 is 4.41. The van der Waals surface area contributed by atoms with Gasteiger partial charge in [0, 0.05) is 19.6 Å². The summed E-state index contributed by atoms with van der Waals surface area (Å²) in [7, 11) is 0. The lowest BCUT2D eigenvalue weighted by atomic mass is 9.97. The topological polar surface area (TPSA) is 73.9 Å². The molecular formula is C21H45NO5S. The number of hydrogen-bond donors (Lipinski definition) is 2. The molecular weight excluding hydrogens is 378 g/mol. The second kappa shape index (κ2) is 22.5. The average molecular weight is 424 g/mol. The van der Waals surface area contributed by atoms with E-state index in [4.69, 9.17) is 14.2 Å². The van der Waals surface area contributed by atoms with Crippen LogP contribution in [-0.2, 0) is 19.0 Å². The summed E-state index contributed by atoms with van der Waals surface area (Å²) in [6.45, 7) is 12.2. The maximum atomic E-state index is 11.6. The first kappa shape index (κ1) is 29.4. The minimum absolute atomic E-state index is 0. The van der Waals surface area contributed by atoms with E-state index >= 15 is 0 Å². The summed E-state index contributed by atoms with van der Waals surface area (Å²) in [5.41, 5.74) is 0. The number of nitrogens with one attached hydrogen (secondary N) is 1. The number of hydrogen-bond acceptors (Lipinski definition) is 6. The van der Waals surface area contributed by atoms with Crippen molar-refractivity contribution in [2.75, 3.05) is 33.0 Å². The second-order valence-corrected chi connectivity index (χ2v) is 7.58. The van der Waals surface area contributed by atoms with Crippen molar-refractivity contribution in [2.24, 2.45) is 0 Å². The third-order valence-electron chi connectivity index (χ3n) is 3.40. The second-order valence-electron chi connectivity index (χ2n) is 6.85. The van der Waals surface area contributed by atoms with Crippen LogP contribution in [0.25, 0.3) is 0 Å². The average Bonchev–Trinajstić information content (AvgIpc) is 2.63. The molecule has 0 aliphatic heterocycles. The molecule has 0 aromatic rings. The number of alkyl carbamates (subject to hydrolysis) is 1. The molecule has 6 nitrogen and oxygen atoms in total. The Labute approximate surface area is 179 Å². The molecule has 0 saturated heterocycles. The van der Waals surface area contributed by atoms with E-state index in [1.807, 2.05) is 0 Å². The van der Waals surface area contributed by atoms with Crippen LogP contribution in [0.1, 0.15) is 81.0 Å². The predicted octanol–water partition coefficient (Wildman–Crippen LogP) is 5.04. The Hall–Kier alpha value is -0.790. The number of Topliss-reactive ketones (excluding diaryl/α,β-unsaturated/α-hetero) is 1. The van der Waals surface area contributed by atoms with Crippen molar-refractivity contribution >= 4 is 24.5 Å². The van der Waals surface area contributed by atoms with Crippen LogP contribution >= 0.6 is 12.6 Å². The van der Waals surface area contributed by atoms with Gasteiger partial charge in [0.05, 0.1) is 26.4 Å². The molecule has 0 spiro atoms. The number of rotatable bonds is 10. The van der Waals surface area contributed by atoms with Crippen molar-refractivity contribution < 1.29 is 25.2 Å². The minimum Gasteiger partial charge on any atom is -0.446 e. The fourth-order valence-corrected chi connectivity index (χ4v) is 2.42. The van der Waals surface area contributed by atoms with Crippen molar-refractivity contribution in [3.63, 3.8) is 0 Å². The van der Waals surface area contributed by atoms with Crippen LogP contribution < -0.4 is 5.32 Å². The first-order valence-corrected chi connectivity index (χ1v) is 11.2. The lowest BCUT2D eigenvalue weighted by Crippen LogP contribution is -2.33. The molecule has 7 heteroatoms. The van der Waals surface area contributed by atoms with Gasteiger partial charge in [0.15, 0.2) is 0 Å². The standard InChI is InChI=1S/C15H27NO5S.2C3H8.H2/c1-12(17)6-8-19-10-11-20-9-7-16-15(18)21-13-2-4-14(22)5-3-13;2*1-3-2;/h13-14,22H,2-11H2,1H3,(H,16,18);2*3H2,1-2H3;1H. The monoisotopic (exact) mass is 423 g/mol. The van der Waals surface area contributed by atoms with E-state index in [1.54, 1.807) is 0 Å². The van der Waals surface area contributed by atoms with Crippen molar-refractivity contribution in [1.82, 2.24) is 5.32 Å². The highest BCUT2D eigenvalue weighted by Crippen LogP contribution is 2.24. The molecule has 0 bridgehead atoms. The van der Waals surface area contributed by atoms with Crippen molar-refractivity contribution in [3.05, 3.63) is 0 Å². The smallest absolute Gasteiger partial charge is 0.407 e. The molecule has 0 radical (unpaired) electrons. The Morgan fingerprint density at radius 2 is 1.43 bits per heavy atom. The maximum Gasteiger partial charge on any atom is 0.407 e. The molecule has 170 valence electrons. The summed E-state index contributed by atoms with van der Waals surface area (Å²) in [5, 5.41) is 3.11. The Balaban J connectivity index is -0.000000857. The third kappa shape index (κ3) is 23.2. The predicted molar refractivity (Wildman–Crippen MR) is 120 cm³/mol. The zero-order chi connectivity index (χ0) is 21.6. The van der Waals surface area contributed by atoms with Crippen LogP contribution in [0.15, 0.2) is 0 Å². The fourth-order valence-electron chi connectivity index (χ4n) is 2.12. The summed E-state index contributed by atoms with van der Waals surface area (Å²) in [6, 6.07) is 0. The molecule has 0 unspecified atom stereocenters. The van der Waals surface area contributed by atoms with Gasteiger partial charge in [0.1, 0.15) is 11.9 Å². The molecule has 1 amide bonds. The van der Waals surface area contributed by atoms with Gasteiger partial charge in [0.2, 0.25) is 0 Å². The number of ether oxygens (including phenoxy) is 3. The molecule has 1 aliphatic carbocycles. The van der Waals surface area contributed by atoms with E-state index in [0.717, 1.165) is 25.7 Å². The van der Waals surface area contributed by atoms with Crippen molar-refractivity contribution in [3.8, 4) is 0 Å². The van der Waals surface area contributed by atoms with Gasteiger partial charge >= 0.3 is 6.09 Å². The summed E-state index contributed by atoms with van der Waals surface area (Å²) in [5.74, 6) is 0.117. The van der Waals surface area contributed by atoms with Crippen LogP contribution in [0.4, 0.5) is 4.79 Å². The summed E-state index contributed by atoms with van der Waals surface area (Å²) in [4.78, 5) is 22.2. The van der Waals surface area contributed by atoms with Gasteiger partial charge in [-0.15, -0.1) is 0 Å². The van der Waals surface area contributed by atoms with Crippen LogP contribution in [0, 0.1) is 0 Å². The summed E-state index contributed by atoms with van der Waals surface area (Å²) < 4.78 is 15.8. The highest BCUT2D eigenvalue weighted by atomic mass is 32.1. The number of thiol groups is 1. The van der Waals surface area contributed by atoms with Crippen LogP contribution in [0.5, 0.6) is 0 Å². The summed E-state index contributed by atoms with van der Waals surface area (Å²) in [6.07, 6.45) is 6.32. The number of amides is 1. The molecule has 28 heavy (non-hydrogen) atoms. The van der Waals surface area contributed by atoms with Crippen molar-refractivity contribution in [2.45, 2.75) is 90.9 Å². The van der Waals surface area contributed by atoms with E-state index in [9.17, 15) is 9.59 Å². The van der Waals surface area contributed by atoms with Gasteiger partial charge in [-0.3, -0.25) is 4.79 Å². The lowest BCUT2D eigenvalue weighted by molar-refractivity contribution is -0.118. The van der Waals surface area contributed by atoms with Crippen LogP contribution in [0.3, 0.4) is 0 Å². The van der Waals surface area contributed by atoms with Gasteiger partial charge in [-0.25, -0.2) is 4.79 Å². The quantitative estimate of drug-likeness (QED) is 0.380. The molecule has 0 aromatic heterocycles. The fraction of sp³-hybridized carbons (Fsp3) is 0.905. The Kier molecular flexibility index (Phi) is 23.6. The lowest BCUT2D eigenvalue weighted by Gasteiger charge is -2.25. The molecule has 1 saturated carbocycles. The molecule has 0 atom stereocenters. The zero-order valence-electron chi connectivity index (χ0n) is 18.6. The maximum absolute atomic E-state index is 11.6. The third-order valence-corrected chi connectivity index (χ3v) is 3.92. The highest BCUT2D eigenvalue weighted by Gasteiger charge is 2.21. The molecule has 1 aliphatic rings. The largest absolute Gasteiger partial charge is 0.446 e. The first-order valence-electron chi connectivity index (χ1n) is 10.7. The molecule has 1 rings (SSSR count). The molecule has 1 N–H and O–H groups in total. The minimum atomic E-state index is -0.385. The van der Waals surface area contributed by atoms with E-state index < -0.39 is 0 Å². The Morgan fingerprint density at radius 3 is 1.93 bits per heavy atom. The van der Waals surface area contributed by atoms with Gasteiger partial charge in [-0.2, -0.15) is 12.6 Å². The highest BCUT2D eigenvalue weighted by molar-refractivity contribution is 7.80. The van der Waals surface area contributed by atoms with Gasteiger partial charge in [-0.1, -0.05) is 40.5 Å². The van der Waals surface area contributed by atoms with Crippen molar-refractivity contribution in [1.29, 1.82) is 0 Å². The normalized spacial score (nSPS) is 18.1. The van der Waals surface area contributed by atoms with E-state index in [2.05, 4.69) is 45.6 Å². The number of carbonyl (C=O) groups excluding carboxylic acids is 2. The van der Waals surface area contributed by atoms with E-state index in [-0.39, 0.29) is 19.4 Å². The van der Waals surface area contributed by atoms with E-state index in [0.29, 0.717) is 44.6 Å². The number of carbonyl (C=O) groups is 2.